The molecule has 0 aromatic heterocycles. The van der Waals surface area contributed by atoms with Gasteiger partial charge in [0.2, 0.25) is 0 Å². The fraction of sp³-hybridized carbons (Fsp3) is 0.500. The molecule has 1 atom stereocenters. The summed E-state index contributed by atoms with van der Waals surface area (Å²) < 4.78 is 0. The van der Waals surface area contributed by atoms with Crippen molar-refractivity contribution in [2.24, 2.45) is 5.41 Å². The lowest BCUT2D eigenvalue weighted by molar-refractivity contribution is -0.384. The van der Waals surface area contributed by atoms with Crippen LogP contribution in [0.2, 0.25) is 0 Å². The lowest BCUT2D eigenvalue weighted by Gasteiger charge is -2.37. The van der Waals surface area contributed by atoms with Crippen LogP contribution in [-0.2, 0) is 5.60 Å². The van der Waals surface area contributed by atoms with Crippen molar-refractivity contribution >= 4 is 5.69 Å². The third kappa shape index (κ3) is 2.22. The van der Waals surface area contributed by atoms with Gasteiger partial charge in [0.25, 0.3) is 5.69 Å². The molecule has 0 saturated carbocycles. The molecule has 0 saturated heterocycles. The van der Waals surface area contributed by atoms with Gasteiger partial charge in [-0.25, -0.2) is 0 Å². The summed E-state index contributed by atoms with van der Waals surface area (Å²) in [4.78, 5) is 10.1. The van der Waals surface area contributed by atoms with Crippen LogP contribution in [0, 0.1) is 15.5 Å². The highest BCUT2D eigenvalue weighted by atomic mass is 16.6. The van der Waals surface area contributed by atoms with Crippen molar-refractivity contribution in [3.05, 3.63) is 39.9 Å². The molecule has 0 radical (unpaired) electrons. The maximum absolute atomic E-state index is 10.5. The number of rotatable bonds is 2. The summed E-state index contributed by atoms with van der Waals surface area (Å²) in [5.41, 5.74) is -0.621. The highest BCUT2D eigenvalue weighted by molar-refractivity contribution is 5.35. The van der Waals surface area contributed by atoms with Crippen LogP contribution in [0.15, 0.2) is 24.3 Å². The molecule has 4 nitrogen and oxygen atoms in total. The number of nitro benzene ring substituents is 1. The Labute approximate surface area is 95.1 Å². The molecule has 0 spiro atoms. The Bertz CT molecular complexity index is 388. The first-order valence-electron chi connectivity index (χ1n) is 5.13. The quantitative estimate of drug-likeness (QED) is 0.619. The summed E-state index contributed by atoms with van der Waals surface area (Å²) in [6.45, 7) is 7.49. The van der Waals surface area contributed by atoms with Gasteiger partial charge in [0.1, 0.15) is 0 Å². The van der Waals surface area contributed by atoms with E-state index in [9.17, 15) is 15.2 Å². The number of aliphatic hydroxyl groups is 1. The molecule has 0 aliphatic heterocycles. The van der Waals surface area contributed by atoms with E-state index in [0.29, 0.717) is 5.56 Å². The minimum atomic E-state index is -1.01. The van der Waals surface area contributed by atoms with Crippen LogP contribution in [0.1, 0.15) is 33.3 Å². The summed E-state index contributed by atoms with van der Waals surface area (Å²) in [7, 11) is 0. The van der Waals surface area contributed by atoms with E-state index in [1.165, 1.54) is 12.1 Å². The van der Waals surface area contributed by atoms with Gasteiger partial charge in [-0.05, 0) is 30.0 Å². The van der Waals surface area contributed by atoms with Gasteiger partial charge in [0, 0.05) is 12.1 Å². The molecule has 4 heteroatoms. The van der Waals surface area contributed by atoms with E-state index in [1.54, 1.807) is 19.1 Å². The van der Waals surface area contributed by atoms with E-state index in [2.05, 4.69) is 0 Å². The highest BCUT2D eigenvalue weighted by Crippen LogP contribution is 2.39. The average molecular weight is 223 g/mol. The summed E-state index contributed by atoms with van der Waals surface area (Å²) in [6.07, 6.45) is 0. The lowest BCUT2D eigenvalue weighted by atomic mass is 9.73. The third-order valence-corrected chi connectivity index (χ3v) is 3.10. The minimum Gasteiger partial charge on any atom is -0.385 e. The lowest BCUT2D eigenvalue weighted by Crippen LogP contribution is -2.36. The van der Waals surface area contributed by atoms with Gasteiger partial charge in [-0.2, -0.15) is 0 Å². The molecule has 16 heavy (non-hydrogen) atoms. The number of nitro groups is 1. The van der Waals surface area contributed by atoms with Gasteiger partial charge in [0.15, 0.2) is 0 Å². The number of non-ortho nitro benzene ring substituents is 1. The monoisotopic (exact) mass is 223 g/mol. The van der Waals surface area contributed by atoms with E-state index < -0.39 is 10.5 Å². The fourth-order valence-electron chi connectivity index (χ4n) is 1.34. The van der Waals surface area contributed by atoms with Crippen molar-refractivity contribution in [1.29, 1.82) is 0 Å². The molecule has 0 amide bonds. The molecule has 1 rings (SSSR count). The predicted octanol–water partition coefficient (Wildman–Crippen LogP) is 2.85. The molecule has 88 valence electrons. The highest BCUT2D eigenvalue weighted by Gasteiger charge is 2.36. The molecule has 1 N–H and O–H groups in total. The zero-order valence-corrected chi connectivity index (χ0v) is 10.0. The van der Waals surface area contributed by atoms with Crippen molar-refractivity contribution in [2.45, 2.75) is 33.3 Å². The molecule has 0 aliphatic rings. The van der Waals surface area contributed by atoms with E-state index in [-0.39, 0.29) is 11.1 Å². The number of hydrogen-bond acceptors (Lipinski definition) is 3. The summed E-state index contributed by atoms with van der Waals surface area (Å²) in [5, 5.41) is 20.9. The second-order valence-electron chi connectivity index (χ2n) is 5.13. The normalized spacial score (nSPS) is 15.6. The van der Waals surface area contributed by atoms with Crippen LogP contribution in [0.25, 0.3) is 0 Å². The fourth-order valence-corrected chi connectivity index (χ4v) is 1.34. The molecule has 0 heterocycles. The first kappa shape index (κ1) is 12.6. The first-order chi connectivity index (χ1) is 7.16. The third-order valence-electron chi connectivity index (χ3n) is 3.10. The largest absolute Gasteiger partial charge is 0.385 e. The van der Waals surface area contributed by atoms with E-state index in [4.69, 9.17) is 0 Å². The Balaban J connectivity index is 3.11. The van der Waals surface area contributed by atoms with Gasteiger partial charge in [-0.1, -0.05) is 20.8 Å². The van der Waals surface area contributed by atoms with Gasteiger partial charge in [-0.15, -0.1) is 0 Å². The molecule has 1 aromatic carbocycles. The molecule has 0 bridgehead atoms. The van der Waals surface area contributed by atoms with Crippen LogP contribution in [-0.4, -0.2) is 10.0 Å². The van der Waals surface area contributed by atoms with Crippen molar-refractivity contribution in [3.8, 4) is 0 Å². The van der Waals surface area contributed by atoms with Gasteiger partial charge >= 0.3 is 0 Å². The smallest absolute Gasteiger partial charge is 0.269 e. The summed E-state index contributed by atoms with van der Waals surface area (Å²) in [5.74, 6) is 0. The average Bonchev–Trinajstić information content (AvgIpc) is 2.16. The van der Waals surface area contributed by atoms with Crippen molar-refractivity contribution < 1.29 is 10.0 Å². The Morgan fingerprint density at radius 2 is 1.56 bits per heavy atom. The molecule has 0 aliphatic carbocycles. The van der Waals surface area contributed by atoms with Gasteiger partial charge in [-0.3, -0.25) is 10.1 Å². The Morgan fingerprint density at radius 1 is 1.12 bits per heavy atom. The second kappa shape index (κ2) is 3.87. The molecule has 0 unspecified atom stereocenters. The van der Waals surface area contributed by atoms with E-state index in [1.807, 2.05) is 20.8 Å². The summed E-state index contributed by atoms with van der Waals surface area (Å²) in [6, 6.07) is 6.03. The van der Waals surface area contributed by atoms with Crippen LogP contribution >= 0.6 is 0 Å². The van der Waals surface area contributed by atoms with Crippen LogP contribution in [0.3, 0.4) is 0 Å². The van der Waals surface area contributed by atoms with Crippen LogP contribution in [0.4, 0.5) is 5.69 Å². The van der Waals surface area contributed by atoms with Gasteiger partial charge in [0.05, 0.1) is 10.5 Å². The van der Waals surface area contributed by atoms with Crippen molar-refractivity contribution in [3.63, 3.8) is 0 Å². The van der Waals surface area contributed by atoms with Crippen molar-refractivity contribution in [2.75, 3.05) is 0 Å². The molecule has 0 fully saturated rings. The first-order valence-corrected chi connectivity index (χ1v) is 5.13. The molecular weight excluding hydrogens is 206 g/mol. The predicted molar refractivity (Wildman–Crippen MR) is 62.1 cm³/mol. The number of hydrogen-bond donors (Lipinski definition) is 1. The van der Waals surface area contributed by atoms with E-state index >= 15 is 0 Å². The van der Waals surface area contributed by atoms with Crippen LogP contribution in [0.5, 0.6) is 0 Å². The molecular formula is C12H17NO3. The Hall–Kier alpha value is -1.42. The second-order valence-corrected chi connectivity index (χ2v) is 5.13. The zero-order valence-electron chi connectivity index (χ0n) is 10.0. The standard InChI is InChI=1S/C12H17NO3/c1-11(2,3)12(4,14)9-5-7-10(8-6-9)13(15)16/h5-8,14H,1-4H3/t12-/m1/s1. The number of benzene rings is 1. The minimum absolute atomic E-state index is 0.0356. The van der Waals surface area contributed by atoms with Crippen LogP contribution < -0.4 is 0 Å². The topological polar surface area (TPSA) is 63.4 Å². The maximum atomic E-state index is 10.5. The number of nitrogens with zero attached hydrogens (tertiary/aromatic N) is 1. The zero-order chi connectivity index (χ0) is 12.6. The summed E-state index contributed by atoms with van der Waals surface area (Å²) >= 11 is 0. The Kier molecular flexibility index (Phi) is 3.06. The van der Waals surface area contributed by atoms with E-state index in [0.717, 1.165) is 0 Å². The van der Waals surface area contributed by atoms with Crippen molar-refractivity contribution in [1.82, 2.24) is 0 Å². The van der Waals surface area contributed by atoms with Gasteiger partial charge < -0.3 is 5.11 Å². The Morgan fingerprint density at radius 3 is 1.88 bits per heavy atom. The molecule has 1 aromatic rings. The maximum Gasteiger partial charge on any atom is 0.269 e. The SMILES string of the molecule is CC(C)(C)[C@](C)(O)c1ccc([N+](=O)[O-])cc1.